The van der Waals surface area contributed by atoms with Crippen molar-refractivity contribution in [1.82, 2.24) is 25.1 Å². The molecule has 2 aromatic rings. The number of carbonyl (C=O) groups excluding carboxylic acids is 4. The molecule has 5 heterocycles. The number of alkyl halides is 3. The molecule has 3 aliphatic heterocycles. The summed E-state index contributed by atoms with van der Waals surface area (Å²) in [4.78, 5) is 63.4. The molecule has 1 aliphatic carbocycles. The van der Waals surface area contributed by atoms with E-state index < -0.39 is 34.8 Å². The second-order valence-electron chi connectivity index (χ2n) is 15.9. The van der Waals surface area contributed by atoms with Crippen molar-refractivity contribution >= 4 is 52.3 Å². The van der Waals surface area contributed by atoms with Crippen molar-refractivity contribution in [3.05, 3.63) is 47.5 Å². The SMILES string of the molecule is C[C@@H]1CC(CCOC2CCC(N3C(=S)N(c4cnc(C#N)c(C(F)(F)F)c4)C(=O)C3(C)C)CC2)C[C@H](C)N1CC(=O)Nc1ccc(C2CCC(=O)NC2=O)nc1. The lowest BCUT2D eigenvalue weighted by Gasteiger charge is -2.42. The Morgan fingerprint density at radius 1 is 1.07 bits per heavy atom. The molecule has 300 valence electrons. The topological polar surface area (TPSA) is 161 Å². The van der Waals surface area contributed by atoms with Gasteiger partial charge < -0.3 is 15.0 Å². The monoisotopic (exact) mass is 796 g/mol. The molecule has 1 saturated carbocycles. The van der Waals surface area contributed by atoms with E-state index >= 15 is 0 Å². The van der Waals surface area contributed by atoms with E-state index in [4.69, 9.17) is 22.2 Å². The zero-order valence-electron chi connectivity index (χ0n) is 31.9. The van der Waals surface area contributed by atoms with Gasteiger partial charge in [0.1, 0.15) is 11.6 Å². The number of halogens is 3. The number of hydrogen-bond acceptors (Lipinski definition) is 10. The average molecular weight is 797 g/mol. The van der Waals surface area contributed by atoms with Crippen LogP contribution in [0, 0.1) is 17.2 Å². The number of anilines is 2. The minimum atomic E-state index is -4.82. The van der Waals surface area contributed by atoms with Crippen LogP contribution in [0.1, 0.15) is 108 Å². The van der Waals surface area contributed by atoms with Gasteiger partial charge in [0.25, 0.3) is 5.91 Å². The maximum absolute atomic E-state index is 13.7. The van der Waals surface area contributed by atoms with Crippen molar-refractivity contribution in [1.29, 1.82) is 5.26 Å². The maximum atomic E-state index is 13.7. The van der Waals surface area contributed by atoms with Gasteiger partial charge in [0.2, 0.25) is 17.7 Å². The highest BCUT2D eigenvalue weighted by Crippen LogP contribution is 2.40. The Balaban J connectivity index is 0.942. The molecule has 6 rings (SSSR count). The highest BCUT2D eigenvalue weighted by Gasteiger charge is 2.53. The number of aromatic nitrogens is 2. The van der Waals surface area contributed by atoms with Crippen LogP contribution in [0.25, 0.3) is 0 Å². The normalized spacial score (nSPS) is 27.2. The number of piperidine rings is 2. The van der Waals surface area contributed by atoms with E-state index in [0.29, 0.717) is 43.2 Å². The third-order valence-electron chi connectivity index (χ3n) is 11.6. The number of pyridine rings is 2. The molecular formula is C39H47F3N8O5S. The zero-order chi connectivity index (χ0) is 40.5. The van der Waals surface area contributed by atoms with E-state index in [1.165, 1.54) is 12.3 Å². The quantitative estimate of drug-likeness (QED) is 0.233. The van der Waals surface area contributed by atoms with E-state index in [0.717, 1.165) is 49.3 Å². The van der Waals surface area contributed by atoms with E-state index in [2.05, 4.69) is 39.3 Å². The predicted molar refractivity (Wildman–Crippen MR) is 203 cm³/mol. The van der Waals surface area contributed by atoms with Crippen molar-refractivity contribution in [3.63, 3.8) is 0 Å². The van der Waals surface area contributed by atoms with Gasteiger partial charge in [-0.25, -0.2) is 4.98 Å². The first-order valence-electron chi connectivity index (χ1n) is 19.1. The van der Waals surface area contributed by atoms with Gasteiger partial charge in [-0.05, 0) is 115 Å². The van der Waals surface area contributed by atoms with Crippen molar-refractivity contribution in [3.8, 4) is 6.07 Å². The fourth-order valence-corrected chi connectivity index (χ4v) is 9.31. The fourth-order valence-electron chi connectivity index (χ4n) is 8.74. The third-order valence-corrected chi connectivity index (χ3v) is 12.0. The summed E-state index contributed by atoms with van der Waals surface area (Å²) in [5.41, 5.74) is -2.09. The lowest BCUT2D eigenvalue weighted by molar-refractivity contribution is -0.138. The number of carbonyl (C=O) groups is 4. The minimum Gasteiger partial charge on any atom is -0.378 e. The van der Waals surface area contributed by atoms with Crippen LogP contribution in [-0.2, 0) is 30.1 Å². The largest absolute Gasteiger partial charge is 0.419 e. The third kappa shape index (κ3) is 8.72. The number of amides is 4. The van der Waals surface area contributed by atoms with Crippen molar-refractivity contribution in [2.75, 3.05) is 23.4 Å². The zero-order valence-corrected chi connectivity index (χ0v) is 32.7. The lowest BCUT2D eigenvalue weighted by Crippen LogP contribution is -2.51. The molecule has 0 spiro atoms. The highest BCUT2D eigenvalue weighted by atomic mass is 32.1. The average Bonchev–Trinajstić information content (AvgIpc) is 3.32. The smallest absolute Gasteiger partial charge is 0.378 e. The number of thiocarbonyl (C=S) groups is 1. The molecule has 0 radical (unpaired) electrons. The van der Waals surface area contributed by atoms with Gasteiger partial charge in [0.15, 0.2) is 10.8 Å². The fraction of sp³-hybridized carbons (Fsp3) is 0.590. The van der Waals surface area contributed by atoms with Gasteiger partial charge in [0, 0.05) is 31.2 Å². The number of imide groups is 1. The summed E-state index contributed by atoms with van der Waals surface area (Å²) < 4.78 is 47.4. The molecule has 13 nitrogen and oxygen atoms in total. The van der Waals surface area contributed by atoms with Gasteiger partial charge in [-0.1, -0.05) is 0 Å². The minimum absolute atomic E-state index is 0.0422. The lowest BCUT2D eigenvalue weighted by atomic mass is 9.85. The van der Waals surface area contributed by atoms with Gasteiger partial charge in [0.05, 0.1) is 53.6 Å². The molecule has 2 unspecified atom stereocenters. The molecule has 2 aromatic heterocycles. The summed E-state index contributed by atoms with van der Waals surface area (Å²) >= 11 is 5.71. The van der Waals surface area contributed by atoms with E-state index in [-0.39, 0.29) is 65.7 Å². The summed E-state index contributed by atoms with van der Waals surface area (Å²) in [7, 11) is 0. The summed E-state index contributed by atoms with van der Waals surface area (Å²) in [6.45, 7) is 8.55. The van der Waals surface area contributed by atoms with E-state index in [9.17, 15) is 32.3 Å². The Morgan fingerprint density at radius 3 is 2.38 bits per heavy atom. The standard InChI is InChI=1S/C39H47F3N8O5S/c1-22-15-24(16-23(2)48(22)21-34(52)46-25-5-11-31(44-19-25)29-10-12-33(51)47-35(29)53)13-14-55-28-8-6-26(7-9-28)50-37(56)49(36(54)38(50,3)4)27-17-30(39(40,41)42)32(18-43)45-20-27/h5,11,17,19-20,22-24,26,28-29H,6-10,12-16,21H2,1-4H3,(H,46,52)(H,47,51,53)/t22-,23+,24?,26?,28?,29?. The first kappa shape index (κ1) is 41.1. The van der Waals surface area contributed by atoms with Crippen molar-refractivity contribution in [2.24, 2.45) is 5.92 Å². The maximum Gasteiger partial charge on any atom is 0.419 e. The summed E-state index contributed by atoms with van der Waals surface area (Å²) in [5, 5.41) is 14.5. The van der Waals surface area contributed by atoms with E-state index in [1.54, 1.807) is 26.0 Å². The van der Waals surface area contributed by atoms with Crippen LogP contribution in [0.4, 0.5) is 24.5 Å². The molecule has 2 N–H and O–H groups in total. The number of rotatable bonds is 10. The van der Waals surface area contributed by atoms with Gasteiger partial charge in [-0.2, -0.15) is 18.4 Å². The van der Waals surface area contributed by atoms with Crippen LogP contribution in [0.2, 0.25) is 0 Å². The van der Waals surface area contributed by atoms with Crippen LogP contribution in [0.15, 0.2) is 30.6 Å². The summed E-state index contributed by atoms with van der Waals surface area (Å²) in [6.07, 6.45) is 4.16. The predicted octanol–water partition coefficient (Wildman–Crippen LogP) is 5.44. The number of nitrogens with zero attached hydrogens (tertiary/aromatic N) is 6. The summed E-state index contributed by atoms with van der Waals surface area (Å²) in [6, 6.07) is 5.93. The first-order valence-corrected chi connectivity index (χ1v) is 19.5. The molecule has 4 atom stereocenters. The van der Waals surface area contributed by atoms with Crippen LogP contribution in [0.5, 0.6) is 0 Å². The number of nitriles is 1. The van der Waals surface area contributed by atoms with Crippen molar-refractivity contribution in [2.45, 2.75) is 127 Å². The highest BCUT2D eigenvalue weighted by molar-refractivity contribution is 7.80. The first-order chi connectivity index (χ1) is 26.5. The van der Waals surface area contributed by atoms with Gasteiger partial charge >= 0.3 is 6.18 Å². The molecule has 3 saturated heterocycles. The Kier molecular flexibility index (Phi) is 12.1. The number of ether oxygens (including phenoxy) is 1. The van der Waals surface area contributed by atoms with Crippen LogP contribution >= 0.6 is 12.2 Å². The van der Waals surface area contributed by atoms with Crippen LogP contribution < -0.4 is 15.5 Å². The molecule has 56 heavy (non-hydrogen) atoms. The van der Waals surface area contributed by atoms with Crippen LogP contribution in [-0.4, -0.2) is 91.4 Å². The summed E-state index contributed by atoms with van der Waals surface area (Å²) in [5.74, 6) is -1.28. The number of hydrogen-bond donors (Lipinski definition) is 2. The molecule has 4 fully saturated rings. The molecule has 0 aromatic carbocycles. The molecule has 4 amide bonds. The van der Waals surface area contributed by atoms with E-state index in [1.807, 2.05) is 4.90 Å². The Bertz CT molecular complexity index is 1880. The number of nitrogens with one attached hydrogen (secondary N) is 2. The van der Waals surface area contributed by atoms with Crippen molar-refractivity contribution < 1.29 is 37.1 Å². The number of likely N-dealkylation sites (tertiary alicyclic amines) is 1. The van der Waals surface area contributed by atoms with Gasteiger partial charge in [-0.3, -0.25) is 39.3 Å². The second-order valence-corrected chi connectivity index (χ2v) is 16.2. The second kappa shape index (κ2) is 16.5. The van der Waals surface area contributed by atoms with Crippen LogP contribution in [0.3, 0.4) is 0 Å². The molecular weight excluding hydrogens is 750 g/mol. The Hall–Kier alpha value is -4.53. The van der Waals surface area contributed by atoms with Gasteiger partial charge in [-0.15, -0.1) is 0 Å². The Labute approximate surface area is 329 Å². The molecule has 0 bridgehead atoms. The molecule has 4 aliphatic rings. The Morgan fingerprint density at radius 2 is 1.77 bits per heavy atom. The molecule has 17 heteroatoms.